The maximum atomic E-state index is 5.59. The van der Waals surface area contributed by atoms with Crippen LogP contribution < -0.4 is 5.73 Å². The second kappa shape index (κ2) is 6.13. The van der Waals surface area contributed by atoms with Gasteiger partial charge >= 0.3 is 0 Å². The number of rotatable bonds is 4. The van der Waals surface area contributed by atoms with E-state index < -0.39 is 0 Å². The summed E-state index contributed by atoms with van der Waals surface area (Å²) in [6, 6.07) is 0.185. The van der Waals surface area contributed by atoms with Crippen LogP contribution in [0.25, 0.3) is 0 Å². The van der Waals surface area contributed by atoms with E-state index in [0.29, 0.717) is 0 Å². The molecule has 0 amide bonds. The lowest BCUT2D eigenvalue weighted by molar-refractivity contribution is 0.0387. The van der Waals surface area contributed by atoms with Crippen LogP contribution in [0, 0.1) is 0 Å². The topological polar surface area (TPSA) is 38.5 Å². The van der Waals surface area contributed by atoms with Crippen molar-refractivity contribution in [1.82, 2.24) is 4.90 Å². The molecule has 0 aliphatic carbocycles. The molecule has 76 valence electrons. The average molecular weight is 184 g/mol. The van der Waals surface area contributed by atoms with Gasteiger partial charge in [0, 0.05) is 25.7 Å². The fourth-order valence-corrected chi connectivity index (χ4v) is 1.39. The minimum Gasteiger partial charge on any atom is -0.379 e. The SMILES string of the molecule is CC(N)/C=C/CCN1CCOCC1. The summed E-state index contributed by atoms with van der Waals surface area (Å²) in [6.45, 7) is 7.05. The number of hydrogen-bond acceptors (Lipinski definition) is 3. The molecule has 3 heteroatoms. The predicted octanol–water partition coefficient (Wildman–Crippen LogP) is 0.612. The molecular weight excluding hydrogens is 164 g/mol. The standard InChI is InChI=1S/C10H20N2O/c1-10(11)4-2-3-5-12-6-8-13-9-7-12/h2,4,10H,3,5-9,11H2,1H3/b4-2+. The highest BCUT2D eigenvalue weighted by atomic mass is 16.5. The molecule has 2 N–H and O–H groups in total. The van der Waals surface area contributed by atoms with Crippen LogP contribution in [0.1, 0.15) is 13.3 Å². The van der Waals surface area contributed by atoms with Gasteiger partial charge < -0.3 is 10.5 Å². The number of nitrogens with two attached hydrogens (primary N) is 1. The molecule has 0 radical (unpaired) electrons. The monoisotopic (exact) mass is 184 g/mol. The van der Waals surface area contributed by atoms with Crippen molar-refractivity contribution in [3.63, 3.8) is 0 Å². The Balaban J connectivity index is 2.04. The molecule has 1 unspecified atom stereocenters. The van der Waals surface area contributed by atoms with Crippen LogP contribution in [0.2, 0.25) is 0 Å². The molecule has 1 aliphatic rings. The van der Waals surface area contributed by atoms with Crippen molar-refractivity contribution in [3.05, 3.63) is 12.2 Å². The lowest BCUT2D eigenvalue weighted by atomic mass is 10.2. The quantitative estimate of drug-likeness (QED) is 0.651. The van der Waals surface area contributed by atoms with E-state index in [2.05, 4.69) is 17.1 Å². The average Bonchev–Trinajstić information content (AvgIpc) is 2.14. The zero-order valence-corrected chi connectivity index (χ0v) is 8.41. The zero-order valence-electron chi connectivity index (χ0n) is 8.41. The summed E-state index contributed by atoms with van der Waals surface area (Å²) in [5.74, 6) is 0. The van der Waals surface area contributed by atoms with Crippen LogP contribution in [-0.4, -0.2) is 43.8 Å². The molecule has 1 heterocycles. The summed E-state index contributed by atoms with van der Waals surface area (Å²) in [5.41, 5.74) is 5.59. The summed E-state index contributed by atoms with van der Waals surface area (Å²) in [7, 11) is 0. The van der Waals surface area contributed by atoms with Crippen LogP contribution in [0.5, 0.6) is 0 Å². The van der Waals surface area contributed by atoms with Crippen molar-refractivity contribution in [3.8, 4) is 0 Å². The van der Waals surface area contributed by atoms with Crippen molar-refractivity contribution in [2.24, 2.45) is 5.73 Å². The highest BCUT2D eigenvalue weighted by Gasteiger charge is 2.07. The lowest BCUT2D eigenvalue weighted by Gasteiger charge is -2.25. The third-order valence-electron chi connectivity index (χ3n) is 2.16. The normalized spacial score (nSPS) is 22.3. The van der Waals surface area contributed by atoms with E-state index in [4.69, 9.17) is 10.5 Å². The molecule has 0 aromatic heterocycles. The van der Waals surface area contributed by atoms with Gasteiger partial charge in [-0.15, -0.1) is 0 Å². The maximum Gasteiger partial charge on any atom is 0.0594 e. The summed E-state index contributed by atoms with van der Waals surface area (Å²) < 4.78 is 5.26. The molecule has 0 aromatic carbocycles. The van der Waals surface area contributed by atoms with Crippen LogP contribution in [0.4, 0.5) is 0 Å². The predicted molar refractivity (Wildman–Crippen MR) is 54.7 cm³/mol. The van der Waals surface area contributed by atoms with E-state index >= 15 is 0 Å². The van der Waals surface area contributed by atoms with Gasteiger partial charge in [0.15, 0.2) is 0 Å². The molecule has 1 aliphatic heterocycles. The van der Waals surface area contributed by atoms with Gasteiger partial charge in [-0.2, -0.15) is 0 Å². The molecule has 3 nitrogen and oxygen atoms in total. The van der Waals surface area contributed by atoms with Gasteiger partial charge in [-0.25, -0.2) is 0 Å². The van der Waals surface area contributed by atoms with E-state index in [-0.39, 0.29) is 6.04 Å². The van der Waals surface area contributed by atoms with E-state index in [9.17, 15) is 0 Å². The Morgan fingerprint density at radius 1 is 1.46 bits per heavy atom. The first kappa shape index (κ1) is 10.7. The second-order valence-corrected chi connectivity index (χ2v) is 3.53. The van der Waals surface area contributed by atoms with Crippen molar-refractivity contribution in [2.75, 3.05) is 32.8 Å². The Bertz CT molecular complexity index is 151. The van der Waals surface area contributed by atoms with Crippen molar-refractivity contribution >= 4 is 0 Å². The van der Waals surface area contributed by atoms with Gasteiger partial charge in [0.2, 0.25) is 0 Å². The third-order valence-corrected chi connectivity index (χ3v) is 2.16. The van der Waals surface area contributed by atoms with Gasteiger partial charge in [0.1, 0.15) is 0 Å². The molecule has 0 bridgehead atoms. The summed E-state index contributed by atoms with van der Waals surface area (Å²) >= 11 is 0. The molecule has 1 atom stereocenters. The highest BCUT2D eigenvalue weighted by molar-refractivity contribution is 4.89. The van der Waals surface area contributed by atoms with E-state index in [1.165, 1.54) is 0 Å². The minimum atomic E-state index is 0.185. The molecule has 13 heavy (non-hydrogen) atoms. The van der Waals surface area contributed by atoms with Crippen LogP contribution in [0.15, 0.2) is 12.2 Å². The van der Waals surface area contributed by atoms with Crippen molar-refractivity contribution < 1.29 is 4.74 Å². The zero-order chi connectivity index (χ0) is 9.52. The van der Waals surface area contributed by atoms with Crippen LogP contribution >= 0.6 is 0 Å². The Morgan fingerprint density at radius 2 is 2.15 bits per heavy atom. The van der Waals surface area contributed by atoms with Gasteiger partial charge in [-0.3, -0.25) is 4.90 Å². The molecule has 1 rings (SSSR count). The van der Waals surface area contributed by atoms with Gasteiger partial charge in [0.25, 0.3) is 0 Å². The van der Waals surface area contributed by atoms with Crippen LogP contribution in [-0.2, 0) is 4.74 Å². The summed E-state index contributed by atoms with van der Waals surface area (Å²) in [4.78, 5) is 2.43. The van der Waals surface area contributed by atoms with Crippen molar-refractivity contribution in [1.29, 1.82) is 0 Å². The van der Waals surface area contributed by atoms with E-state index in [1.807, 2.05) is 6.92 Å². The first-order valence-electron chi connectivity index (χ1n) is 5.01. The number of morpholine rings is 1. The summed E-state index contributed by atoms with van der Waals surface area (Å²) in [5, 5.41) is 0. The molecule has 1 saturated heterocycles. The largest absolute Gasteiger partial charge is 0.379 e. The summed E-state index contributed by atoms with van der Waals surface area (Å²) in [6.07, 6.45) is 5.32. The number of ether oxygens (including phenoxy) is 1. The smallest absolute Gasteiger partial charge is 0.0594 e. The Kier molecular flexibility index (Phi) is 5.05. The van der Waals surface area contributed by atoms with E-state index in [0.717, 1.165) is 39.3 Å². The fraction of sp³-hybridized carbons (Fsp3) is 0.800. The molecule has 0 aromatic rings. The first-order chi connectivity index (χ1) is 6.29. The van der Waals surface area contributed by atoms with Gasteiger partial charge in [-0.05, 0) is 13.3 Å². The lowest BCUT2D eigenvalue weighted by Crippen LogP contribution is -2.36. The number of nitrogens with zero attached hydrogens (tertiary/aromatic N) is 1. The molecule has 1 fully saturated rings. The first-order valence-corrected chi connectivity index (χ1v) is 5.01. The second-order valence-electron chi connectivity index (χ2n) is 3.53. The Morgan fingerprint density at radius 3 is 2.77 bits per heavy atom. The Labute approximate surface area is 80.5 Å². The maximum absolute atomic E-state index is 5.59. The Hall–Kier alpha value is -0.380. The van der Waals surface area contributed by atoms with Crippen molar-refractivity contribution in [2.45, 2.75) is 19.4 Å². The van der Waals surface area contributed by atoms with Crippen LogP contribution in [0.3, 0.4) is 0 Å². The van der Waals surface area contributed by atoms with Gasteiger partial charge in [-0.1, -0.05) is 12.2 Å². The minimum absolute atomic E-state index is 0.185. The van der Waals surface area contributed by atoms with Gasteiger partial charge in [0.05, 0.1) is 13.2 Å². The third kappa shape index (κ3) is 5.03. The molecular formula is C10H20N2O. The highest BCUT2D eigenvalue weighted by Crippen LogP contribution is 1.98. The fourth-order valence-electron chi connectivity index (χ4n) is 1.39. The number of hydrogen-bond donors (Lipinski definition) is 1. The molecule has 0 saturated carbocycles. The van der Waals surface area contributed by atoms with E-state index in [1.54, 1.807) is 0 Å². The molecule has 0 spiro atoms.